The van der Waals surface area contributed by atoms with E-state index < -0.39 is 6.09 Å². The van der Waals surface area contributed by atoms with Crippen molar-refractivity contribution in [3.8, 4) is 11.1 Å². The maximum Gasteiger partial charge on any atom is 0.407 e. The van der Waals surface area contributed by atoms with Crippen molar-refractivity contribution in [3.63, 3.8) is 0 Å². The number of alkyl carbamates (subject to hydrolysis) is 1. The number of hydrogen-bond donors (Lipinski definition) is 1. The van der Waals surface area contributed by atoms with Crippen LogP contribution < -0.4 is 5.32 Å². The average molecular weight is 397 g/mol. The van der Waals surface area contributed by atoms with Gasteiger partial charge in [0, 0.05) is 18.0 Å². The molecule has 0 heterocycles. The minimum Gasteiger partial charge on any atom is -0.449 e. The number of aldehydes is 1. The number of amides is 1. The molecule has 3 aromatic rings. The minimum absolute atomic E-state index is 0.0427. The van der Waals surface area contributed by atoms with E-state index in [1.165, 1.54) is 22.3 Å². The fourth-order valence-electron chi connectivity index (χ4n) is 3.92. The molecule has 0 saturated heterocycles. The van der Waals surface area contributed by atoms with Crippen molar-refractivity contribution < 1.29 is 14.3 Å². The van der Waals surface area contributed by atoms with E-state index in [-0.39, 0.29) is 12.5 Å². The Balaban J connectivity index is 1.35. The maximum absolute atomic E-state index is 12.2. The molecule has 3 aromatic carbocycles. The van der Waals surface area contributed by atoms with Crippen molar-refractivity contribution in [2.45, 2.75) is 12.8 Å². The summed E-state index contributed by atoms with van der Waals surface area (Å²) in [5, 5.41) is 2.74. The predicted molar refractivity (Wildman–Crippen MR) is 119 cm³/mol. The summed E-state index contributed by atoms with van der Waals surface area (Å²) in [4.78, 5) is 23.3. The molecule has 0 saturated carbocycles. The molecule has 0 aromatic heterocycles. The lowest BCUT2D eigenvalue weighted by Gasteiger charge is -2.14. The highest BCUT2D eigenvalue weighted by Gasteiger charge is 2.28. The van der Waals surface area contributed by atoms with Crippen molar-refractivity contribution in [2.24, 2.45) is 0 Å². The number of nitrogens with one attached hydrogen (secondary N) is 1. The molecule has 0 aliphatic heterocycles. The molecular formula is C26H23NO3. The highest BCUT2D eigenvalue weighted by molar-refractivity contribution is 5.82. The zero-order valence-electron chi connectivity index (χ0n) is 16.8. The van der Waals surface area contributed by atoms with Gasteiger partial charge in [-0.1, -0.05) is 84.4 Å². The molecule has 0 spiro atoms. The molecule has 0 unspecified atom stereocenters. The summed E-state index contributed by atoms with van der Waals surface area (Å²) in [7, 11) is 0. The van der Waals surface area contributed by atoms with Gasteiger partial charge in [-0.25, -0.2) is 4.79 Å². The van der Waals surface area contributed by atoms with Crippen molar-refractivity contribution in [2.75, 3.05) is 13.2 Å². The molecular weight excluding hydrogens is 374 g/mol. The maximum atomic E-state index is 12.2. The van der Waals surface area contributed by atoms with Crippen LogP contribution >= 0.6 is 0 Å². The van der Waals surface area contributed by atoms with E-state index >= 15 is 0 Å². The number of ether oxygens (including phenoxy) is 1. The van der Waals surface area contributed by atoms with Gasteiger partial charge in [-0.05, 0) is 34.7 Å². The fraction of sp³-hybridized carbons (Fsp3) is 0.154. The van der Waals surface area contributed by atoms with Crippen LogP contribution in [0.5, 0.6) is 0 Å². The molecule has 30 heavy (non-hydrogen) atoms. The number of fused-ring (bicyclic) bond motifs is 3. The molecule has 0 fully saturated rings. The normalized spacial score (nSPS) is 12.4. The number of carbonyl (C=O) groups is 2. The van der Waals surface area contributed by atoms with Crippen molar-refractivity contribution in [1.29, 1.82) is 0 Å². The Morgan fingerprint density at radius 3 is 2.30 bits per heavy atom. The monoisotopic (exact) mass is 397 g/mol. The lowest BCUT2D eigenvalue weighted by molar-refractivity contribution is 0.112. The van der Waals surface area contributed by atoms with Gasteiger partial charge in [0.2, 0.25) is 0 Å². The summed E-state index contributed by atoms with van der Waals surface area (Å²) < 4.78 is 5.52. The van der Waals surface area contributed by atoms with Crippen molar-refractivity contribution in [3.05, 3.63) is 101 Å². The van der Waals surface area contributed by atoms with Gasteiger partial charge in [-0.15, -0.1) is 0 Å². The third kappa shape index (κ3) is 4.03. The summed E-state index contributed by atoms with van der Waals surface area (Å²) in [5.41, 5.74) is 7.31. The Labute approximate surface area is 176 Å². The second kappa shape index (κ2) is 8.78. The molecule has 0 atom stereocenters. The van der Waals surface area contributed by atoms with Gasteiger partial charge in [0.1, 0.15) is 6.61 Å². The van der Waals surface area contributed by atoms with Crippen LogP contribution in [0, 0.1) is 6.92 Å². The molecule has 1 aliphatic rings. The van der Waals surface area contributed by atoms with Gasteiger partial charge in [0.05, 0.1) is 0 Å². The molecule has 4 rings (SSSR count). The van der Waals surface area contributed by atoms with Crippen LogP contribution in [0.4, 0.5) is 4.79 Å². The zero-order chi connectivity index (χ0) is 20.9. The van der Waals surface area contributed by atoms with Gasteiger partial charge < -0.3 is 10.1 Å². The fourth-order valence-corrected chi connectivity index (χ4v) is 3.92. The van der Waals surface area contributed by atoms with Crippen LogP contribution in [0.2, 0.25) is 0 Å². The van der Waals surface area contributed by atoms with E-state index in [1.807, 2.05) is 55.5 Å². The lowest BCUT2D eigenvalue weighted by atomic mass is 9.98. The van der Waals surface area contributed by atoms with E-state index in [4.69, 9.17) is 4.74 Å². The Bertz CT molecular complexity index is 1070. The molecule has 0 radical (unpaired) electrons. The van der Waals surface area contributed by atoms with E-state index in [2.05, 4.69) is 29.6 Å². The summed E-state index contributed by atoms with van der Waals surface area (Å²) in [6.45, 7) is 2.58. The summed E-state index contributed by atoms with van der Waals surface area (Å²) in [5.74, 6) is 0.0427. The first-order valence-corrected chi connectivity index (χ1v) is 9.98. The van der Waals surface area contributed by atoms with Gasteiger partial charge in [-0.2, -0.15) is 0 Å². The molecule has 0 bridgehead atoms. The summed E-state index contributed by atoms with van der Waals surface area (Å²) >= 11 is 0. The average Bonchev–Trinajstić information content (AvgIpc) is 3.09. The van der Waals surface area contributed by atoms with Crippen LogP contribution in [0.3, 0.4) is 0 Å². The van der Waals surface area contributed by atoms with Crippen molar-refractivity contribution in [1.82, 2.24) is 5.32 Å². The molecule has 1 amide bonds. The van der Waals surface area contributed by atoms with Gasteiger partial charge in [0.25, 0.3) is 0 Å². The highest BCUT2D eigenvalue weighted by atomic mass is 16.5. The number of hydrogen-bond acceptors (Lipinski definition) is 3. The van der Waals surface area contributed by atoms with Gasteiger partial charge in [-0.3, -0.25) is 4.79 Å². The Morgan fingerprint density at radius 1 is 0.967 bits per heavy atom. The van der Waals surface area contributed by atoms with Crippen LogP contribution in [0.25, 0.3) is 17.2 Å². The number of carbonyl (C=O) groups excluding carboxylic acids is 2. The highest BCUT2D eigenvalue weighted by Crippen LogP contribution is 2.44. The largest absolute Gasteiger partial charge is 0.449 e. The van der Waals surface area contributed by atoms with Crippen LogP contribution in [0.1, 0.15) is 38.5 Å². The van der Waals surface area contributed by atoms with E-state index in [1.54, 1.807) is 6.07 Å². The van der Waals surface area contributed by atoms with E-state index in [0.29, 0.717) is 12.1 Å². The van der Waals surface area contributed by atoms with Crippen LogP contribution in [0.15, 0.2) is 72.8 Å². The van der Waals surface area contributed by atoms with Gasteiger partial charge in [0.15, 0.2) is 6.29 Å². The molecule has 1 N–H and O–H groups in total. The molecule has 150 valence electrons. The van der Waals surface area contributed by atoms with Crippen LogP contribution in [-0.2, 0) is 4.74 Å². The Kier molecular flexibility index (Phi) is 5.75. The Hall–Kier alpha value is -3.66. The smallest absolute Gasteiger partial charge is 0.407 e. The topological polar surface area (TPSA) is 55.4 Å². The standard InChI is InChI=1S/C26H23NO3/c1-18-12-13-20(16-28)19(15-18)7-6-14-27-26(29)30-17-25-23-10-4-2-8-21(23)22-9-3-5-11-24(22)25/h2-13,15-16,25H,14,17H2,1H3,(H,27,29). The summed E-state index contributed by atoms with van der Waals surface area (Å²) in [6.07, 6.45) is 4.02. The molecule has 1 aliphatic carbocycles. The molecule has 4 heteroatoms. The first-order valence-electron chi connectivity index (χ1n) is 9.98. The number of aryl methyl sites for hydroxylation is 1. The first kappa shape index (κ1) is 19.6. The Morgan fingerprint density at radius 2 is 1.63 bits per heavy atom. The third-order valence-corrected chi connectivity index (χ3v) is 5.37. The predicted octanol–water partition coefficient (Wildman–Crippen LogP) is 5.36. The SMILES string of the molecule is Cc1ccc(C=O)c(C=CCNC(=O)OCC2c3ccccc3-c3ccccc32)c1. The van der Waals surface area contributed by atoms with Gasteiger partial charge >= 0.3 is 6.09 Å². The molecule has 4 nitrogen and oxygen atoms in total. The third-order valence-electron chi connectivity index (χ3n) is 5.37. The van der Waals surface area contributed by atoms with E-state index in [9.17, 15) is 9.59 Å². The number of benzene rings is 3. The quantitative estimate of drug-likeness (QED) is 0.570. The number of rotatable bonds is 6. The second-order valence-electron chi connectivity index (χ2n) is 7.36. The lowest BCUT2D eigenvalue weighted by Crippen LogP contribution is -2.26. The first-order chi connectivity index (χ1) is 14.7. The zero-order valence-corrected chi connectivity index (χ0v) is 16.8. The van der Waals surface area contributed by atoms with Crippen molar-refractivity contribution >= 4 is 18.5 Å². The van der Waals surface area contributed by atoms with Crippen LogP contribution in [-0.4, -0.2) is 25.5 Å². The second-order valence-corrected chi connectivity index (χ2v) is 7.36. The van der Waals surface area contributed by atoms with E-state index in [0.717, 1.165) is 17.4 Å². The summed E-state index contributed by atoms with van der Waals surface area (Å²) in [6, 6.07) is 22.1. The minimum atomic E-state index is -0.457.